The van der Waals surface area contributed by atoms with E-state index in [1.165, 1.54) is 12.4 Å². The van der Waals surface area contributed by atoms with Crippen molar-refractivity contribution in [1.29, 1.82) is 0 Å². The standard InChI is InChI=1S/C14H13FN6.C2H6/c1-8-12(6-16-10(3)19-8)13-7-21(20-9(13)2)11-4-17-14(15)18-5-11;1-2/h4-7H,1-3H3;1-2H3. The molecule has 120 valence electrons. The van der Waals surface area contributed by atoms with Gasteiger partial charge in [-0.25, -0.2) is 24.6 Å². The topological polar surface area (TPSA) is 69.4 Å². The van der Waals surface area contributed by atoms with E-state index >= 15 is 0 Å². The summed E-state index contributed by atoms with van der Waals surface area (Å²) in [5.74, 6) is 0.730. The van der Waals surface area contributed by atoms with Gasteiger partial charge in [0.1, 0.15) is 11.5 Å². The van der Waals surface area contributed by atoms with E-state index in [0.717, 1.165) is 28.3 Å². The Kier molecular flexibility index (Phi) is 5.10. The molecule has 3 aromatic rings. The van der Waals surface area contributed by atoms with Gasteiger partial charge in [0.05, 0.1) is 18.1 Å². The SMILES string of the molecule is CC.Cc1ncc(-c2cn(-c3cnc(F)nc3)nc2C)c(C)n1. The maximum Gasteiger partial charge on any atom is 0.308 e. The molecule has 6 nitrogen and oxygen atoms in total. The summed E-state index contributed by atoms with van der Waals surface area (Å²) in [6, 6.07) is 0. The Morgan fingerprint density at radius 1 is 0.870 bits per heavy atom. The third kappa shape index (κ3) is 3.56. The Morgan fingerprint density at radius 3 is 2.13 bits per heavy atom. The van der Waals surface area contributed by atoms with Crippen LogP contribution in [0.15, 0.2) is 24.8 Å². The van der Waals surface area contributed by atoms with Crippen LogP contribution in [0.4, 0.5) is 4.39 Å². The molecule has 0 unspecified atom stereocenters. The van der Waals surface area contributed by atoms with Crippen LogP contribution in [0.25, 0.3) is 16.8 Å². The van der Waals surface area contributed by atoms with Crippen molar-refractivity contribution in [2.45, 2.75) is 34.6 Å². The molecule has 0 fully saturated rings. The monoisotopic (exact) mass is 314 g/mol. The fraction of sp³-hybridized carbons (Fsp3) is 0.312. The zero-order valence-electron chi connectivity index (χ0n) is 13.9. The molecule has 0 saturated heterocycles. The molecule has 0 spiro atoms. The maximum absolute atomic E-state index is 12.8. The maximum atomic E-state index is 12.8. The average molecular weight is 314 g/mol. The van der Waals surface area contributed by atoms with Gasteiger partial charge in [-0.2, -0.15) is 9.49 Å². The third-order valence-electron chi connectivity index (χ3n) is 3.16. The van der Waals surface area contributed by atoms with Crippen molar-refractivity contribution in [3.63, 3.8) is 0 Å². The summed E-state index contributed by atoms with van der Waals surface area (Å²) in [5, 5.41) is 4.41. The van der Waals surface area contributed by atoms with E-state index < -0.39 is 6.08 Å². The highest BCUT2D eigenvalue weighted by Gasteiger charge is 2.12. The summed E-state index contributed by atoms with van der Waals surface area (Å²) in [6.45, 7) is 9.68. The van der Waals surface area contributed by atoms with Gasteiger partial charge in [0.15, 0.2) is 0 Å². The van der Waals surface area contributed by atoms with Gasteiger partial charge in [-0.05, 0) is 20.8 Å². The second-order valence-electron chi connectivity index (χ2n) is 4.70. The first-order valence-corrected chi connectivity index (χ1v) is 7.39. The summed E-state index contributed by atoms with van der Waals surface area (Å²) in [4.78, 5) is 15.7. The highest BCUT2D eigenvalue weighted by Crippen LogP contribution is 2.25. The van der Waals surface area contributed by atoms with E-state index in [1.807, 2.05) is 40.8 Å². The number of halogens is 1. The molecular formula is C16H19FN6. The Hall–Kier alpha value is -2.70. The highest BCUT2D eigenvalue weighted by molar-refractivity contribution is 5.66. The summed E-state index contributed by atoms with van der Waals surface area (Å²) >= 11 is 0. The summed E-state index contributed by atoms with van der Waals surface area (Å²) in [6.07, 6.45) is 5.64. The van der Waals surface area contributed by atoms with Crippen LogP contribution in [-0.4, -0.2) is 29.7 Å². The van der Waals surface area contributed by atoms with Gasteiger partial charge in [-0.3, -0.25) is 0 Å². The lowest BCUT2D eigenvalue weighted by atomic mass is 10.1. The van der Waals surface area contributed by atoms with E-state index in [0.29, 0.717) is 5.69 Å². The Labute approximate surface area is 134 Å². The highest BCUT2D eigenvalue weighted by atomic mass is 19.1. The summed E-state index contributed by atoms with van der Waals surface area (Å²) < 4.78 is 14.4. The lowest BCUT2D eigenvalue weighted by Gasteiger charge is -2.03. The Balaban J connectivity index is 0.000000924. The molecule has 0 aliphatic rings. The largest absolute Gasteiger partial charge is 0.308 e. The second kappa shape index (κ2) is 7.04. The predicted octanol–water partition coefficient (Wildman–Crippen LogP) is 3.21. The summed E-state index contributed by atoms with van der Waals surface area (Å²) in [5.41, 5.74) is 4.16. The fourth-order valence-electron chi connectivity index (χ4n) is 2.13. The van der Waals surface area contributed by atoms with Crippen molar-refractivity contribution in [2.24, 2.45) is 0 Å². The van der Waals surface area contributed by atoms with Crippen LogP contribution in [0, 0.1) is 26.8 Å². The van der Waals surface area contributed by atoms with Gasteiger partial charge >= 0.3 is 6.08 Å². The van der Waals surface area contributed by atoms with Crippen LogP contribution in [0.2, 0.25) is 0 Å². The Bertz CT molecular complexity index is 795. The minimum atomic E-state index is -0.759. The van der Waals surface area contributed by atoms with Crippen LogP contribution >= 0.6 is 0 Å². The van der Waals surface area contributed by atoms with E-state index in [-0.39, 0.29) is 0 Å². The number of aryl methyl sites for hydroxylation is 3. The van der Waals surface area contributed by atoms with Crippen molar-refractivity contribution in [1.82, 2.24) is 29.7 Å². The van der Waals surface area contributed by atoms with Crippen LogP contribution < -0.4 is 0 Å². The molecule has 0 aliphatic carbocycles. The minimum Gasteiger partial charge on any atom is -0.241 e. The van der Waals surface area contributed by atoms with Gasteiger partial charge < -0.3 is 0 Å². The van der Waals surface area contributed by atoms with E-state index in [9.17, 15) is 4.39 Å². The number of nitrogens with zero attached hydrogens (tertiary/aromatic N) is 6. The van der Waals surface area contributed by atoms with Crippen molar-refractivity contribution in [3.05, 3.63) is 48.1 Å². The van der Waals surface area contributed by atoms with Crippen LogP contribution in [-0.2, 0) is 0 Å². The molecule has 0 N–H and O–H groups in total. The molecule has 23 heavy (non-hydrogen) atoms. The quantitative estimate of drug-likeness (QED) is 0.679. The number of hydrogen-bond donors (Lipinski definition) is 0. The normalized spacial score (nSPS) is 10.2. The van der Waals surface area contributed by atoms with Crippen molar-refractivity contribution in [2.75, 3.05) is 0 Å². The molecule has 0 aromatic carbocycles. The molecule has 0 bridgehead atoms. The van der Waals surface area contributed by atoms with Gasteiger partial charge in [0, 0.05) is 29.2 Å². The molecular weight excluding hydrogens is 295 g/mol. The van der Waals surface area contributed by atoms with E-state index in [4.69, 9.17) is 0 Å². The van der Waals surface area contributed by atoms with Gasteiger partial charge in [0.2, 0.25) is 0 Å². The Morgan fingerprint density at radius 2 is 1.52 bits per heavy atom. The first kappa shape index (κ1) is 16.7. The molecule has 0 atom stereocenters. The molecule has 3 heterocycles. The number of hydrogen-bond acceptors (Lipinski definition) is 5. The second-order valence-corrected chi connectivity index (χ2v) is 4.70. The third-order valence-corrected chi connectivity index (χ3v) is 3.16. The molecule has 0 radical (unpaired) electrons. The lowest BCUT2D eigenvalue weighted by Crippen LogP contribution is -1.98. The van der Waals surface area contributed by atoms with Crippen molar-refractivity contribution >= 4 is 0 Å². The number of aromatic nitrogens is 6. The molecule has 7 heteroatoms. The van der Waals surface area contributed by atoms with Gasteiger partial charge in [0.25, 0.3) is 0 Å². The molecule has 0 saturated carbocycles. The zero-order chi connectivity index (χ0) is 17.0. The van der Waals surface area contributed by atoms with Crippen LogP contribution in [0.3, 0.4) is 0 Å². The average Bonchev–Trinajstić information content (AvgIpc) is 2.92. The fourth-order valence-corrected chi connectivity index (χ4v) is 2.13. The van der Waals surface area contributed by atoms with Crippen molar-refractivity contribution in [3.8, 4) is 16.8 Å². The minimum absolute atomic E-state index is 0.594. The summed E-state index contributed by atoms with van der Waals surface area (Å²) in [7, 11) is 0. The zero-order valence-corrected chi connectivity index (χ0v) is 13.9. The van der Waals surface area contributed by atoms with E-state index in [2.05, 4.69) is 25.0 Å². The molecule has 3 aromatic heterocycles. The lowest BCUT2D eigenvalue weighted by molar-refractivity contribution is 0.537. The van der Waals surface area contributed by atoms with Gasteiger partial charge in [-0.1, -0.05) is 13.8 Å². The van der Waals surface area contributed by atoms with Gasteiger partial charge in [-0.15, -0.1) is 0 Å². The van der Waals surface area contributed by atoms with E-state index in [1.54, 1.807) is 10.9 Å². The first-order valence-electron chi connectivity index (χ1n) is 7.39. The van der Waals surface area contributed by atoms with Crippen LogP contribution in [0.1, 0.15) is 31.1 Å². The predicted molar refractivity (Wildman–Crippen MR) is 85.7 cm³/mol. The molecule has 0 amide bonds. The van der Waals surface area contributed by atoms with Crippen LogP contribution in [0.5, 0.6) is 0 Å². The number of rotatable bonds is 2. The van der Waals surface area contributed by atoms with Crippen molar-refractivity contribution < 1.29 is 4.39 Å². The first-order chi connectivity index (χ1) is 11.0. The molecule has 0 aliphatic heterocycles. The molecule has 3 rings (SSSR count). The smallest absolute Gasteiger partial charge is 0.241 e.